The Labute approximate surface area is 257 Å². The number of hydrogen-bond donors (Lipinski definition) is 3. The molecule has 0 aliphatic carbocycles. The molecule has 0 aromatic heterocycles. The molecule has 0 fully saturated rings. The molecule has 0 heterocycles. The summed E-state index contributed by atoms with van der Waals surface area (Å²) >= 11 is 0. The molecule has 0 radical (unpaired) electrons. The predicted octanol–water partition coefficient (Wildman–Crippen LogP) is 7.79. The van der Waals surface area contributed by atoms with Gasteiger partial charge in [-0.1, -0.05) is 99.5 Å². The van der Waals surface area contributed by atoms with Gasteiger partial charge in [-0.05, 0) is 67.8 Å². The number of unbranched alkanes of at least 4 members (excludes halogenated alkanes) is 9. The summed E-state index contributed by atoms with van der Waals surface area (Å²) in [5.74, 6) is -0.446. The van der Waals surface area contributed by atoms with Gasteiger partial charge in [-0.15, -0.1) is 0 Å². The van der Waals surface area contributed by atoms with Crippen molar-refractivity contribution in [3.63, 3.8) is 0 Å². The van der Waals surface area contributed by atoms with Gasteiger partial charge in [0.15, 0.2) is 0 Å². The minimum absolute atomic E-state index is 0.0102. The van der Waals surface area contributed by atoms with E-state index in [0.29, 0.717) is 12.4 Å². The Hall–Kier alpha value is -3.66. The Morgan fingerprint density at radius 2 is 1.05 bits per heavy atom. The molecule has 43 heavy (non-hydrogen) atoms. The van der Waals surface area contributed by atoms with E-state index in [1.807, 2.05) is 0 Å². The van der Waals surface area contributed by atoms with Gasteiger partial charge in [-0.25, -0.2) is 5.48 Å². The molecule has 0 bridgehead atoms. The number of nitrogens with one attached hydrogen (secondary N) is 1. The summed E-state index contributed by atoms with van der Waals surface area (Å²) in [4.78, 5) is 11.4. The van der Waals surface area contributed by atoms with Gasteiger partial charge in [-0.2, -0.15) is 0 Å². The maximum absolute atomic E-state index is 11.4. The fourth-order valence-corrected chi connectivity index (χ4v) is 10.2. The first-order valence-electron chi connectivity index (χ1n) is 15.6. The molecule has 0 spiro atoms. The molecule has 5 nitrogen and oxygen atoms in total. The number of carbonyl (C=O) groups is 1. The van der Waals surface area contributed by atoms with Crippen LogP contribution in [0.5, 0.6) is 11.5 Å². The molecule has 0 saturated heterocycles. The van der Waals surface area contributed by atoms with Crippen LogP contribution in [0.1, 0.15) is 74.6 Å². The van der Waals surface area contributed by atoms with E-state index >= 15 is 0 Å². The van der Waals surface area contributed by atoms with Crippen molar-refractivity contribution < 1.29 is 19.8 Å². The van der Waals surface area contributed by atoms with Gasteiger partial charge in [-0.3, -0.25) is 10.0 Å². The van der Waals surface area contributed by atoms with Crippen LogP contribution in [0.25, 0.3) is 0 Å². The highest BCUT2D eigenvalue weighted by Crippen LogP contribution is 2.56. The second kappa shape index (κ2) is 17.5. The van der Waals surface area contributed by atoms with Crippen LogP contribution in [0.15, 0.2) is 109 Å². The first-order chi connectivity index (χ1) is 21.1. The lowest BCUT2D eigenvalue weighted by atomic mass is 10.1. The number of benzene rings is 4. The first kappa shape index (κ1) is 32.3. The molecule has 0 unspecified atom stereocenters. The van der Waals surface area contributed by atoms with Crippen molar-refractivity contribution in [1.82, 2.24) is 5.48 Å². The lowest BCUT2D eigenvalue weighted by Gasteiger charge is -2.27. The number of ether oxygens (including phenoxy) is 1. The molecule has 1 amide bonds. The zero-order valence-corrected chi connectivity index (χ0v) is 25.9. The van der Waals surface area contributed by atoms with Gasteiger partial charge in [0, 0.05) is 6.07 Å². The van der Waals surface area contributed by atoms with Gasteiger partial charge in [0.25, 0.3) is 5.91 Å². The third-order valence-electron chi connectivity index (χ3n) is 8.06. The van der Waals surface area contributed by atoms with Crippen molar-refractivity contribution >= 4 is 29.1 Å². The Bertz CT molecular complexity index is 1270. The van der Waals surface area contributed by atoms with Crippen LogP contribution in [0.4, 0.5) is 0 Å². The van der Waals surface area contributed by atoms with Crippen molar-refractivity contribution in [3.05, 3.63) is 115 Å². The molecule has 6 heteroatoms. The van der Waals surface area contributed by atoms with E-state index in [2.05, 4.69) is 91.0 Å². The Kier molecular flexibility index (Phi) is 13.1. The normalized spacial score (nSPS) is 11.3. The number of phenolic OH excluding ortho intramolecular Hbond substituents is 1. The molecule has 4 aromatic carbocycles. The number of phenols is 1. The van der Waals surface area contributed by atoms with Crippen molar-refractivity contribution in [1.29, 1.82) is 0 Å². The predicted molar refractivity (Wildman–Crippen MR) is 179 cm³/mol. The largest absolute Gasteiger partial charge is 0.507 e. The first-order valence-corrected chi connectivity index (χ1v) is 17.6. The van der Waals surface area contributed by atoms with Crippen LogP contribution in [-0.2, 0) is 0 Å². The summed E-state index contributed by atoms with van der Waals surface area (Å²) in [6.45, 7) is 0.573. The summed E-state index contributed by atoms with van der Waals surface area (Å²) in [5.41, 5.74) is 1.53. The average Bonchev–Trinajstić information content (AvgIpc) is 3.06. The monoisotopic (exact) mass is 598 g/mol. The van der Waals surface area contributed by atoms with Crippen molar-refractivity contribution in [3.8, 4) is 11.5 Å². The van der Waals surface area contributed by atoms with E-state index in [0.717, 1.165) is 12.8 Å². The van der Waals surface area contributed by atoms with Crippen LogP contribution in [0, 0.1) is 0 Å². The lowest BCUT2D eigenvalue weighted by Crippen LogP contribution is -2.33. The van der Waals surface area contributed by atoms with E-state index in [9.17, 15) is 9.90 Å². The van der Waals surface area contributed by atoms with Gasteiger partial charge >= 0.3 is 0 Å². The molecule has 3 N–H and O–H groups in total. The maximum Gasteiger partial charge on any atom is 0.278 e. The number of aromatic hydroxyl groups is 1. The highest BCUT2D eigenvalue weighted by atomic mass is 31.2. The fraction of sp³-hybridized carbons (Fsp3) is 0.324. The maximum atomic E-state index is 11.4. The number of carbonyl (C=O) groups excluding carboxylic acids is 1. The van der Waals surface area contributed by atoms with Gasteiger partial charge in [0.05, 0.1) is 18.3 Å². The van der Waals surface area contributed by atoms with Crippen LogP contribution >= 0.6 is 7.26 Å². The molecular formula is C37H45NO4P+. The summed E-state index contributed by atoms with van der Waals surface area (Å²) in [6, 6.07) is 38.0. The summed E-state index contributed by atoms with van der Waals surface area (Å²) in [6.07, 6.45) is 13.4. The second-order valence-corrected chi connectivity index (χ2v) is 14.7. The van der Waals surface area contributed by atoms with E-state index in [4.69, 9.17) is 9.94 Å². The zero-order valence-electron chi connectivity index (χ0n) is 25.0. The number of rotatable bonds is 18. The SMILES string of the molecule is O=C(NO)c1ccc(OCCCCCCCCCCCC[P+](c2ccccc2)(c2ccccc2)c2ccccc2)cc1O. The van der Waals surface area contributed by atoms with Crippen molar-refractivity contribution in [2.24, 2.45) is 0 Å². The van der Waals surface area contributed by atoms with Gasteiger partial charge in [0.1, 0.15) is 34.7 Å². The van der Waals surface area contributed by atoms with E-state index in [1.165, 1.54) is 91.1 Å². The molecule has 0 aliphatic rings. The lowest BCUT2D eigenvalue weighted by molar-refractivity contribution is 0.0703. The highest BCUT2D eigenvalue weighted by molar-refractivity contribution is 7.95. The Morgan fingerprint density at radius 3 is 1.49 bits per heavy atom. The topological polar surface area (TPSA) is 78.8 Å². The standard InChI is InChI=1S/C37H44NO4P/c39-36-30-31(26-27-35(36)37(40)38-41)42-28-18-7-5-3-1-2-4-6-8-19-29-43(32-20-12-9-13-21-32,33-22-14-10-15-23-33)34-24-16-11-17-25-34/h9-17,20-27,30H,1-8,18-19,28-29H2,(H2-,38,39,40,41)/p+1. The van der Waals surface area contributed by atoms with E-state index in [-0.39, 0.29) is 11.3 Å². The van der Waals surface area contributed by atoms with E-state index < -0.39 is 13.2 Å². The smallest absolute Gasteiger partial charge is 0.278 e. The molecule has 4 aromatic rings. The summed E-state index contributed by atoms with van der Waals surface area (Å²) < 4.78 is 5.69. The minimum Gasteiger partial charge on any atom is -0.507 e. The van der Waals surface area contributed by atoms with Crippen molar-refractivity contribution in [2.45, 2.75) is 64.2 Å². The number of hydroxylamine groups is 1. The number of hydrogen-bond acceptors (Lipinski definition) is 4. The fourth-order valence-electron chi connectivity index (χ4n) is 5.79. The molecule has 0 saturated carbocycles. The van der Waals surface area contributed by atoms with Crippen LogP contribution in [0.3, 0.4) is 0 Å². The Balaban J connectivity index is 1.14. The zero-order chi connectivity index (χ0) is 30.2. The average molecular weight is 599 g/mol. The quantitative estimate of drug-likeness (QED) is 0.0473. The Morgan fingerprint density at radius 1 is 0.605 bits per heavy atom. The highest BCUT2D eigenvalue weighted by Gasteiger charge is 2.44. The summed E-state index contributed by atoms with van der Waals surface area (Å²) in [5, 5.41) is 23.0. The molecule has 0 atom stereocenters. The third kappa shape index (κ3) is 9.16. The van der Waals surface area contributed by atoms with Crippen LogP contribution < -0.4 is 26.1 Å². The van der Waals surface area contributed by atoms with E-state index in [1.54, 1.807) is 6.07 Å². The summed E-state index contributed by atoms with van der Waals surface area (Å²) in [7, 11) is -1.71. The molecular weight excluding hydrogens is 553 g/mol. The van der Waals surface area contributed by atoms with Gasteiger partial charge < -0.3 is 9.84 Å². The minimum atomic E-state index is -1.71. The van der Waals surface area contributed by atoms with Crippen LogP contribution in [-0.4, -0.2) is 29.0 Å². The second-order valence-electron chi connectivity index (χ2n) is 11.0. The molecule has 4 rings (SSSR count). The van der Waals surface area contributed by atoms with Crippen molar-refractivity contribution in [2.75, 3.05) is 12.8 Å². The molecule has 0 aliphatic heterocycles. The van der Waals surface area contributed by atoms with Gasteiger partial charge in [0.2, 0.25) is 0 Å². The number of amides is 1. The third-order valence-corrected chi connectivity index (χ3v) is 12.6. The van der Waals surface area contributed by atoms with Crippen LogP contribution in [0.2, 0.25) is 0 Å². The molecule has 226 valence electrons.